The number of nitrogens with one attached hydrogen (secondary N) is 2. The van der Waals surface area contributed by atoms with E-state index in [1.54, 1.807) is 37.2 Å². The van der Waals surface area contributed by atoms with E-state index in [1.165, 1.54) is 4.57 Å². The molecule has 1 saturated heterocycles. The monoisotopic (exact) mass is 348 g/mol. The molecule has 0 spiro atoms. The molecular formula is C17H24N4O4. The topological polar surface area (TPSA) is 101 Å². The number of piperidine rings is 1. The number of aryl methyl sites for hydroxylation is 1. The van der Waals surface area contributed by atoms with Crippen LogP contribution in [0.1, 0.15) is 30.1 Å². The van der Waals surface area contributed by atoms with Crippen molar-refractivity contribution in [1.29, 1.82) is 0 Å². The molecule has 0 aliphatic carbocycles. The van der Waals surface area contributed by atoms with Crippen LogP contribution >= 0.6 is 0 Å². The number of rotatable bonds is 4. The molecule has 3 amide bonds. The summed E-state index contributed by atoms with van der Waals surface area (Å²) in [5.41, 5.74) is -0.128. The molecule has 0 bridgehead atoms. The van der Waals surface area contributed by atoms with Crippen molar-refractivity contribution >= 4 is 17.7 Å². The third-order valence-electron chi connectivity index (χ3n) is 4.35. The van der Waals surface area contributed by atoms with Crippen LogP contribution in [-0.2, 0) is 16.6 Å². The van der Waals surface area contributed by atoms with Crippen molar-refractivity contribution in [3.63, 3.8) is 0 Å². The minimum Gasteiger partial charge on any atom is -0.348 e. The molecule has 8 nitrogen and oxygen atoms in total. The summed E-state index contributed by atoms with van der Waals surface area (Å²) in [6.45, 7) is 3.62. The van der Waals surface area contributed by atoms with E-state index in [1.807, 2.05) is 0 Å². The van der Waals surface area contributed by atoms with Gasteiger partial charge < -0.3 is 20.1 Å². The van der Waals surface area contributed by atoms with E-state index in [4.69, 9.17) is 0 Å². The van der Waals surface area contributed by atoms with Gasteiger partial charge >= 0.3 is 11.8 Å². The first-order valence-corrected chi connectivity index (χ1v) is 8.45. The fraction of sp³-hybridized carbons (Fsp3) is 0.529. The first-order valence-electron chi connectivity index (χ1n) is 8.45. The quantitative estimate of drug-likeness (QED) is 0.716. The van der Waals surface area contributed by atoms with Crippen molar-refractivity contribution < 1.29 is 14.4 Å². The maximum atomic E-state index is 12.5. The molecule has 1 aromatic rings. The molecule has 8 heteroatoms. The van der Waals surface area contributed by atoms with Gasteiger partial charge in [0.1, 0.15) is 5.56 Å². The summed E-state index contributed by atoms with van der Waals surface area (Å²) in [5.74, 6) is -1.31. The van der Waals surface area contributed by atoms with Crippen LogP contribution in [0.5, 0.6) is 0 Å². The van der Waals surface area contributed by atoms with Crippen molar-refractivity contribution in [3.8, 4) is 0 Å². The number of nitrogens with zero attached hydrogens (tertiary/aromatic N) is 2. The summed E-state index contributed by atoms with van der Waals surface area (Å²) < 4.78 is 1.39. The molecule has 0 atom stereocenters. The molecule has 1 fully saturated rings. The molecule has 0 radical (unpaired) electrons. The Morgan fingerprint density at radius 3 is 2.44 bits per heavy atom. The normalized spacial score (nSPS) is 14.9. The Labute approximate surface area is 146 Å². The van der Waals surface area contributed by atoms with Crippen molar-refractivity contribution in [1.82, 2.24) is 20.1 Å². The lowest BCUT2D eigenvalue weighted by molar-refractivity contribution is -0.139. The summed E-state index contributed by atoms with van der Waals surface area (Å²) in [4.78, 5) is 49.1. The van der Waals surface area contributed by atoms with Gasteiger partial charge in [-0.05, 0) is 37.8 Å². The molecule has 136 valence electrons. The molecule has 1 aromatic heterocycles. The average Bonchev–Trinajstić information content (AvgIpc) is 2.62. The molecule has 1 aliphatic rings. The van der Waals surface area contributed by atoms with Crippen molar-refractivity contribution in [2.24, 2.45) is 13.0 Å². The number of likely N-dealkylation sites (N-methyl/N-ethyl adjacent to an activating group) is 1. The molecular weight excluding hydrogens is 324 g/mol. The highest BCUT2D eigenvalue weighted by Crippen LogP contribution is 2.17. The first kappa shape index (κ1) is 18.7. The largest absolute Gasteiger partial charge is 0.348 e. The highest BCUT2D eigenvalue weighted by atomic mass is 16.2. The molecule has 0 saturated carbocycles. The second-order valence-electron chi connectivity index (χ2n) is 6.14. The Bertz CT molecular complexity index is 705. The Kier molecular flexibility index (Phi) is 6.32. The Morgan fingerprint density at radius 1 is 1.16 bits per heavy atom. The highest BCUT2D eigenvalue weighted by Gasteiger charge is 2.26. The van der Waals surface area contributed by atoms with E-state index in [0.717, 1.165) is 0 Å². The number of hydrogen-bond donors (Lipinski definition) is 2. The Morgan fingerprint density at radius 2 is 1.80 bits per heavy atom. The van der Waals surface area contributed by atoms with Crippen molar-refractivity contribution in [2.45, 2.75) is 19.8 Å². The van der Waals surface area contributed by atoms with E-state index >= 15 is 0 Å². The summed E-state index contributed by atoms with van der Waals surface area (Å²) in [6, 6.07) is 3.22. The Hall–Kier alpha value is -2.64. The van der Waals surface area contributed by atoms with E-state index in [-0.39, 0.29) is 22.9 Å². The predicted octanol–water partition coefficient (Wildman–Crippen LogP) is -0.510. The van der Waals surface area contributed by atoms with Crippen LogP contribution in [0.3, 0.4) is 0 Å². The first-order chi connectivity index (χ1) is 11.9. The van der Waals surface area contributed by atoms with Gasteiger partial charge in [-0.1, -0.05) is 0 Å². The SMILES string of the molecule is CCNC(=O)C(=O)NCC1CCN(C(=O)c2cccn(C)c2=O)CC1. The molecule has 2 rings (SSSR count). The third kappa shape index (κ3) is 4.68. The minimum absolute atomic E-state index is 0.174. The summed E-state index contributed by atoms with van der Waals surface area (Å²) in [7, 11) is 1.61. The standard InChI is InChI=1S/C17H24N4O4/c1-3-18-14(22)15(23)19-11-12-6-9-21(10-7-12)17(25)13-5-4-8-20(2)16(13)24/h4-5,8,12H,3,6-7,9-11H2,1-2H3,(H,18,22)(H,19,23). The van der Waals surface area contributed by atoms with Gasteiger partial charge in [0.25, 0.3) is 11.5 Å². The van der Waals surface area contributed by atoms with Gasteiger partial charge in [0.2, 0.25) is 0 Å². The maximum absolute atomic E-state index is 12.5. The minimum atomic E-state index is -0.631. The Balaban J connectivity index is 1.84. The van der Waals surface area contributed by atoms with E-state index in [2.05, 4.69) is 10.6 Å². The second kappa shape index (κ2) is 8.46. The maximum Gasteiger partial charge on any atom is 0.309 e. The van der Waals surface area contributed by atoms with Crippen LogP contribution < -0.4 is 16.2 Å². The van der Waals surface area contributed by atoms with Gasteiger partial charge in [0.15, 0.2) is 0 Å². The number of carbonyl (C=O) groups is 3. The van der Waals surface area contributed by atoms with Gasteiger partial charge in [-0.15, -0.1) is 0 Å². The number of pyridine rings is 1. The van der Waals surface area contributed by atoms with Crippen LogP contribution in [0, 0.1) is 5.92 Å². The van der Waals surface area contributed by atoms with E-state index in [0.29, 0.717) is 39.0 Å². The van der Waals surface area contributed by atoms with E-state index in [9.17, 15) is 19.2 Å². The van der Waals surface area contributed by atoms with Crippen molar-refractivity contribution in [3.05, 3.63) is 34.2 Å². The van der Waals surface area contributed by atoms with Gasteiger partial charge in [-0.25, -0.2) is 0 Å². The molecule has 25 heavy (non-hydrogen) atoms. The molecule has 0 aromatic carbocycles. The fourth-order valence-corrected chi connectivity index (χ4v) is 2.83. The predicted molar refractivity (Wildman–Crippen MR) is 92.0 cm³/mol. The lowest BCUT2D eigenvalue weighted by Crippen LogP contribution is -2.45. The third-order valence-corrected chi connectivity index (χ3v) is 4.35. The van der Waals surface area contributed by atoms with E-state index < -0.39 is 11.8 Å². The van der Waals surface area contributed by atoms with Crippen LogP contribution in [0.2, 0.25) is 0 Å². The van der Waals surface area contributed by atoms with Crippen LogP contribution in [0.15, 0.2) is 23.1 Å². The number of aromatic nitrogens is 1. The molecule has 0 unspecified atom stereocenters. The van der Waals surface area contributed by atoms with Crippen LogP contribution in [0.25, 0.3) is 0 Å². The van der Waals surface area contributed by atoms with Gasteiger partial charge in [-0.2, -0.15) is 0 Å². The molecule has 2 N–H and O–H groups in total. The molecule has 2 heterocycles. The van der Waals surface area contributed by atoms with Gasteiger partial charge in [0, 0.05) is 39.4 Å². The van der Waals surface area contributed by atoms with Crippen LogP contribution in [0.4, 0.5) is 0 Å². The number of carbonyl (C=O) groups excluding carboxylic acids is 3. The summed E-state index contributed by atoms with van der Waals surface area (Å²) in [5, 5.41) is 5.07. The smallest absolute Gasteiger partial charge is 0.309 e. The summed E-state index contributed by atoms with van der Waals surface area (Å²) in [6.07, 6.45) is 3.05. The fourth-order valence-electron chi connectivity index (χ4n) is 2.83. The summed E-state index contributed by atoms with van der Waals surface area (Å²) >= 11 is 0. The lowest BCUT2D eigenvalue weighted by atomic mass is 9.96. The molecule has 1 aliphatic heterocycles. The van der Waals surface area contributed by atoms with Gasteiger partial charge in [-0.3, -0.25) is 19.2 Å². The van der Waals surface area contributed by atoms with Gasteiger partial charge in [0.05, 0.1) is 0 Å². The van der Waals surface area contributed by atoms with Crippen LogP contribution in [-0.4, -0.2) is 53.4 Å². The van der Waals surface area contributed by atoms with Crippen molar-refractivity contribution in [2.75, 3.05) is 26.2 Å². The number of likely N-dealkylation sites (tertiary alicyclic amines) is 1. The number of hydrogen-bond acceptors (Lipinski definition) is 4. The highest BCUT2D eigenvalue weighted by molar-refractivity contribution is 6.35. The zero-order valence-electron chi connectivity index (χ0n) is 14.6. The average molecular weight is 348 g/mol. The zero-order valence-corrected chi connectivity index (χ0v) is 14.6. The lowest BCUT2D eigenvalue weighted by Gasteiger charge is -2.32. The second-order valence-corrected chi connectivity index (χ2v) is 6.14. The number of amides is 3. The zero-order chi connectivity index (χ0) is 18.4.